The average molecular weight is 298 g/mol. The first-order valence-corrected chi connectivity index (χ1v) is 6.42. The van der Waals surface area contributed by atoms with Gasteiger partial charge in [-0.1, -0.05) is 41.5 Å². The van der Waals surface area contributed by atoms with Gasteiger partial charge in [-0.3, -0.25) is 4.39 Å². The molecule has 0 atom stereocenters. The molecule has 21 heavy (non-hydrogen) atoms. The lowest BCUT2D eigenvalue weighted by atomic mass is 9.93. The Hall–Kier alpha value is -1.84. The number of aryl methyl sites for hydroxylation is 3. The molecule has 0 heterocycles. The third-order valence-corrected chi connectivity index (χ3v) is 3.15. The van der Waals surface area contributed by atoms with Crippen LogP contribution in [0.4, 0.5) is 17.6 Å². The van der Waals surface area contributed by atoms with Gasteiger partial charge in [-0.05, 0) is 43.5 Å². The molecule has 0 unspecified atom stereocenters. The highest BCUT2D eigenvalue weighted by molar-refractivity contribution is 5.72. The van der Waals surface area contributed by atoms with E-state index in [9.17, 15) is 17.6 Å². The molecule has 0 spiro atoms. The van der Waals surface area contributed by atoms with Gasteiger partial charge in [0.1, 0.15) is 0 Å². The first-order chi connectivity index (χ1) is 9.79. The predicted molar refractivity (Wildman–Crippen MR) is 78.1 cm³/mol. The molecule has 2 aromatic rings. The highest BCUT2D eigenvalue weighted by Gasteiger charge is 2.33. The number of hydrogen-bond donors (Lipinski definition) is 0. The van der Waals surface area contributed by atoms with Crippen LogP contribution in [0.1, 0.15) is 22.3 Å². The average Bonchev–Trinajstić information content (AvgIpc) is 2.41. The van der Waals surface area contributed by atoms with Gasteiger partial charge in [0.2, 0.25) is 0 Å². The Balaban J connectivity index is 0.00000106. The topological polar surface area (TPSA) is 0 Å². The Morgan fingerprint density at radius 1 is 0.714 bits per heavy atom. The fourth-order valence-corrected chi connectivity index (χ4v) is 2.24. The van der Waals surface area contributed by atoms with Crippen LogP contribution >= 0.6 is 0 Å². The second-order valence-electron chi connectivity index (χ2n) is 4.87. The summed E-state index contributed by atoms with van der Waals surface area (Å²) in [5, 5.41) is 0. The Morgan fingerprint density at radius 2 is 1.19 bits per heavy atom. The van der Waals surface area contributed by atoms with Crippen LogP contribution in [0.3, 0.4) is 0 Å². The van der Waals surface area contributed by atoms with E-state index in [0.29, 0.717) is 18.3 Å². The molecular weight excluding hydrogens is 280 g/mol. The molecular formula is C17H18F4. The highest BCUT2D eigenvalue weighted by Crippen LogP contribution is 2.38. The maximum absolute atomic E-state index is 13.1. The number of halogens is 4. The molecule has 4 heteroatoms. The Labute approximate surface area is 122 Å². The van der Waals surface area contributed by atoms with E-state index in [4.69, 9.17) is 0 Å². The van der Waals surface area contributed by atoms with Gasteiger partial charge in [0.15, 0.2) is 0 Å². The summed E-state index contributed by atoms with van der Waals surface area (Å²) < 4.78 is 48.9. The van der Waals surface area contributed by atoms with Gasteiger partial charge in [0.25, 0.3) is 0 Å². The van der Waals surface area contributed by atoms with Crippen LogP contribution in [0.15, 0.2) is 36.4 Å². The standard InChI is InChI=1S/C16H15F3.CH3F/c1-10-4-6-13(12(3)8-10)14-7-5-11(2)9-15(14)16(17,18)19;1-2/h4-9H,1-3H3;1H3. The largest absolute Gasteiger partial charge is 0.417 e. The molecule has 114 valence electrons. The minimum Gasteiger partial charge on any atom is -0.255 e. The number of rotatable bonds is 1. The summed E-state index contributed by atoms with van der Waals surface area (Å²) in [6.45, 7) is 5.43. The van der Waals surface area contributed by atoms with Crippen LogP contribution in [0.2, 0.25) is 0 Å². The van der Waals surface area contributed by atoms with E-state index < -0.39 is 11.7 Å². The molecule has 0 radical (unpaired) electrons. The molecule has 0 fully saturated rings. The van der Waals surface area contributed by atoms with E-state index >= 15 is 0 Å². The lowest BCUT2D eigenvalue weighted by Crippen LogP contribution is -2.08. The van der Waals surface area contributed by atoms with E-state index in [1.54, 1.807) is 25.1 Å². The molecule has 0 saturated heterocycles. The van der Waals surface area contributed by atoms with Crippen LogP contribution in [-0.4, -0.2) is 7.18 Å². The van der Waals surface area contributed by atoms with Crippen molar-refractivity contribution < 1.29 is 17.6 Å². The zero-order chi connectivity index (χ0) is 16.2. The number of alkyl halides is 4. The van der Waals surface area contributed by atoms with Crippen molar-refractivity contribution in [3.8, 4) is 11.1 Å². The van der Waals surface area contributed by atoms with Crippen molar-refractivity contribution >= 4 is 0 Å². The van der Waals surface area contributed by atoms with E-state index in [1.165, 1.54) is 6.07 Å². The van der Waals surface area contributed by atoms with Gasteiger partial charge >= 0.3 is 6.18 Å². The first-order valence-electron chi connectivity index (χ1n) is 6.42. The van der Waals surface area contributed by atoms with Crippen molar-refractivity contribution in [1.29, 1.82) is 0 Å². The van der Waals surface area contributed by atoms with Crippen LogP contribution in [0.25, 0.3) is 11.1 Å². The maximum atomic E-state index is 13.1. The lowest BCUT2D eigenvalue weighted by molar-refractivity contribution is -0.137. The Bertz CT molecular complexity index is 613. The predicted octanol–water partition coefficient (Wildman–Crippen LogP) is 5.88. The number of benzene rings is 2. The van der Waals surface area contributed by atoms with Crippen molar-refractivity contribution in [3.05, 3.63) is 58.7 Å². The third kappa shape index (κ3) is 4.06. The Kier molecular flexibility index (Phi) is 5.53. The SMILES string of the molecule is CF.Cc1ccc(-c2ccc(C)cc2C(F)(F)F)c(C)c1. The first kappa shape index (κ1) is 17.2. The van der Waals surface area contributed by atoms with Crippen LogP contribution in [0.5, 0.6) is 0 Å². The molecule has 0 N–H and O–H groups in total. The van der Waals surface area contributed by atoms with Gasteiger partial charge in [-0.2, -0.15) is 13.2 Å². The van der Waals surface area contributed by atoms with Gasteiger partial charge in [0.05, 0.1) is 12.7 Å². The number of hydrogen-bond acceptors (Lipinski definition) is 0. The fraction of sp³-hybridized carbons (Fsp3) is 0.294. The highest BCUT2D eigenvalue weighted by atomic mass is 19.4. The van der Waals surface area contributed by atoms with E-state index in [2.05, 4.69) is 0 Å². The smallest absolute Gasteiger partial charge is 0.255 e. The summed E-state index contributed by atoms with van der Waals surface area (Å²) in [6.07, 6.45) is -4.33. The van der Waals surface area contributed by atoms with Gasteiger partial charge in [-0.25, -0.2) is 0 Å². The molecule has 0 aliphatic rings. The zero-order valence-corrected chi connectivity index (χ0v) is 12.5. The van der Waals surface area contributed by atoms with Crippen molar-refractivity contribution in [2.45, 2.75) is 26.9 Å². The lowest BCUT2D eigenvalue weighted by Gasteiger charge is -2.16. The molecule has 0 aromatic heterocycles. The summed E-state index contributed by atoms with van der Waals surface area (Å²) in [7, 11) is 0.500. The molecule has 0 aliphatic carbocycles. The molecule has 0 saturated carbocycles. The zero-order valence-electron chi connectivity index (χ0n) is 12.5. The summed E-state index contributed by atoms with van der Waals surface area (Å²) in [5.41, 5.74) is 2.82. The Morgan fingerprint density at radius 3 is 1.67 bits per heavy atom. The van der Waals surface area contributed by atoms with Crippen LogP contribution in [0, 0.1) is 20.8 Å². The van der Waals surface area contributed by atoms with Crippen molar-refractivity contribution in [2.24, 2.45) is 0 Å². The molecule has 2 aromatic carbocycles. The molecule has 0 amide bonds. The van der Waals surface area contributed by atoms with Crippen molar-refractivity contribution in [2.75, 3.05) is 7.18 Å². The summed E-state index contributed by atoms with van der Waals surface area (Å²) in [6, 6.07) is 9.95. The van der Waals surface area contributed by atoms with E-state index in [0.717, 1.165) is 11.1 Å². The summed E-state index contributed by atoms with van der Waals surface area (Å²) in [4.78, 5) is 0. The minimum absolute atomic E-state index is 0.246. The summed E-state index contributed by atoms with van der Waals surface area (Å²) >= 11 is 0. The monoisotopic (exact) mass is 298 g/mol. The van der Waals surface area contributed by atoms with Crippen LogP contribution < -0.4 is 0 Å². The molecule has 2 rings (SSSR count). The fourth-order valence-electron chi connectivity index (χ4n) is 2.24. The van der Waals surface area contributed by atoms with Crippen molar-refractivity contribution in [1.82, 2.24) is 0 Å². The normalized spacial score (nSPS) is 10.9. The van der Waals surface area contributed by atoms with Gasteiger partial charge < -0.3 is 0 Å². The molecule has 0 bridgehead atoms. The molecule has 0 nitrogen and oxygen atoms in total. The van der Waals surface area contributed by atoms with E-state index in [1.807, 2.05) is 26.0 Å². The minimum atomic E-state index is -4.33. The van der Waals surface area contributed by atoms with Gasteiger partial charge in [-0.15, -0.1) is 0 Å². The second kappa shape index (κ2) is 6.74. The maximum Gasteiger partial charge on any atom is 0.417 e. The second-order valence-corrected chi connectivity index (χ2v) is 4.87. The van der Waals surface area contributed by atoms with Gasteiger partial charge in [0, 0.05) is 0 Å². The molecule has 0 aliphatic heterocycles. The van der Waals surface area contributed by atoms with Crippen LogP contribution in [-0.2, 0) is 6.18 Å². The quantitative estimate of drug-likeness (QED) is 0.576. The third-order valence-electron chi connectivity index (χ3n) is 3.15. The van der Waals surface area contributed by atoms with Crippen molar-refractivity contribution in [3.63, 3.8) is 0 Å². The summed E-state index contributed by atoms with van der Waals surface area (Å²) in [5.74, 6) is 0. The van der Waals surface area contributed by atoms with E-state index in [-0.39, 0.29) is 5.56 Å².